The summed E-state index contributed by atoms with van der Waals surface area (Å²) < 4.78 is 6.45. The fourth-order valence-corrected chi connectivity index (χ4v) is 2.01. The summed E-state index contributed by atoms with van der Waals surface area (Å²) in [5.74, 6) is 0. The van der Waals surface area contributed by atoms with Gasteiger partial charge in [0.25, 0.3) is 0 Å². The van der Waals surface area contributed by atoms with Gasteiger partial charge in [-0.25, -0.2) is 0 Å². The molecule has 0 amide bonds. The molecule has 18 heavy (non-hydrogen) atoms. The molecule has 3 nitrogen and oxygen atoms in total. The van der Waals surface area contributed by atoms with Crippen LogP contribution in [0.3, 0.4) is 0 Å². The highest BCUT2D eigenvalue weighted by molar-refractivity contribution is 9.10. The maximum Gasteiger partial charge on any atom is 0.106 e. The maximum absolute atomic E-state index is 5.69. The minimum atomic E-state index is 0.394. The average molecular weight is 331 g/mol. The zero-order valence-corrected chi connectivity index (χ0v) is 12.9. The second kappa shape index (κ2) is 8.45. The molecule has 0 aliphatic rings. The monoisotopic (exact) mass is 330 g/mol. The van der Waals surface area contributed by atoms with E-state index in [0.29, 0.717) is 11.6 Å². The Kier molecular flexibility index (Phi) is 7.23. The first-order valence-electron chi connectivity index (χ1n) is 6.06. The quantitative estimate of drug-likeness (QED) is 0.567. The van der Waals surface area contributed by atoms with E-state index in [2.05, 4.69) is 28.2 Å². The Morgan fingerprint density at radius 1 is 1.44 bits per heavy atom. The van der Waals surface area contributed by atoms with Crippen LogP contribution >= 0.6 is 28.1 Å². The van der Waals surface area contributed by atoms with Gasteiger partial charge in [-0.05, 0) is 24.6 Å². The summed E-state index contributed by atoms with van der Waals surface area (Å²) in [6.45, 7) is 4.41. The van der Waals surface area contributed by atoms with E-state index in [1.807, 2.05) is 18.2 Å². The van der Waals surface area contributed by atoms with Crippen LogP contribution in [-0.4, -0.2) is 24.7 Å². The van der Waals surface area contributed by atoms with E-state index in [-0.39, 0.29) is 0 Å². The molecule has 0 fully saturated rings. The number of thiocarbonyl (C=S) groups is 1. The SMILES string of the molecule is CCCCOCCNc1ccc(Br)cc1C(N)=S. The lowest BCUT2D eigenvalue weighted by molar-refractivity contribution is 0.141. The maximum atomic E-state index is 5.69. The van der Waals surface area contributed by atoms with Crippen LogP contribution in [0, 0.1) is 0 Å². The summed E-state index contributed by atoms with van der Waals surface area (Å²) in [4.78, 5) is 0.394. The molecule has 0 heterocycles. The van der Waals surface area contributed by atoms with Crippen molar-refractivity contribution in [3.63, 3.8) is 0 Å². The van der Waals surface area contributed by atoms with E-state index in [1.54, 1.807) is 0 Å². The predicted molar refractivity (Wildman–Crippen MR) is 84.2 cm³/mol. The van der Waals surface area contributed by atoms with E-state index in [9.17, 15) is 0 Å². The number of anilines is 1. The van der Waals surface area contributed by atoms with Crippen molar-refractivity contribution in [2.45, 2.75) is 19.8 Å². The van der Waals surface area contributed by atoms with Crippen LogP contribution in [0.2, 0.25) is 0 Å². The summed E-state index contributed by atoms with van der Waals surface area (Å²) in [6.07, 6.45) is 2.27. The van der Waals surface area contributed by atoms with Crippen LogP contribution in [0.25, 0.3) is 0 Å². The standard InChI is InChI=1S/C13H19BrN2OS/c1-2-3-7-17-8-6-16-12-5-4-10(14)9-11(12)13(15)18/h4-5,9,16H,2-3,6-8H2,1H3,(H2,15,18). The minimum Gasteiger partial charge on any atom is -0.389 e. The molecule has 0 saturated carbocycles. The molecule has 1 aromatic rings. The number of nitrogens with one attached hydrogen (secondary N) is 1. The van der Waals surface area contributed by atoms with Crippen molar-refractivity contribution in [2.24, 2.45) is 5.73 Å². The highest BCUT2D eigenvalue weighted by Crippen LogP contribution is 2.20. The number of benzene rings is 1. The normalized spacial score (nSPS) is 10.3. The Hall–Kier alpha value is -0.650. The summed E-state index contributed by atoms with van der Waals surface area (Å²) in [5.41, 5.74) is 7.50. The molecule has 0 unspecified atom stereocenters. The molecule has 1 rings (SSSR count). The zero-order chi connectivity index (χ0) is 13.4. The topological polar surface area (TPSA) is 47.3 Å². The van der Waals surface area contributed by atoms with E-state index in [0.717, 1.165) is 41.7 Å². The van der Waals surface area contributed by atoms with E-state index in [4.69, 9.17) is 22.7 Å². The first-order chi connectivity index (χ1) is 8.65. The molecule has 0 aromatic heterocycles. The number of unbranched alkanes of at least 4 members (excludes halogenated alkanes) is 1. The van der Waals surface area contributed by atoms with Crippen molar-refractivity contribution in [1.82, 2.24) is 0 Å². The van der Waals surface area contributed by atoms with Crippen LogP contribution < -0.4 is 11.1 Å². The molecule has 0 atom stereocenters. The molecule has 5 heteroatoms. The average Bonchev–Trinajstić information content (AvgIpc) is 2.35. The van der Waals surface area contributed by atoms with Gasteiger partial charge in [-0.1, -0.05) is 41.5 Å². The first-order valence-corrected chi connectivity index (χ1v) is 7.26. The van der Waals surface area contributed by atoms with Gasteiger partial charge in [0.15, 0.2) is 0 Å². The third-order valence-corrected chi connectivity index (χ3v) is 3.16. The lowest BCUT2D eigenvalue weighted by Crippen LogP contribution is -2.16. The van der Waals surface area contributed by atoms with Gasteiger partial charge in [0.1, 0.15) is 4.99 Å². The van der Waals surface area contributed by atoms with Gasteiger partial charge in [-0.3, -0.25) is 0 Å². The molecule has 1 aromatic carbocycles. The number of hydrogen-bond acceptors (Lipinski definition) is 3. The number of ether oxygens (including phenoxy) is 1. The number of hydrogen-bond donors (Lipinski definition) is 2. The van der Waals surface area contributed by atoms with Crippen molar-refractivity contribution < 1.29 is 4.74 Å². The van der Waals surface area contributed by atoms with Crippen molar-refractivity contribution >= 4 is 38.8 Å². The molecule has 0 aliphatic carbocycles. The van der Waals surface area contributed by atoms with Crippen molar-refractivity contribution in [2.75, 3.05) is 25.1 Å². The third-order valence-electron chi connectivity index (χ3n) is 2.45. The van der Waals surface area contributed by atoms with Gasteiger partial charge < -0.3 is 15.8 Å². The number of nitrogens with two attached hydrogens (primary N) is 1. The van der Waals surface area contributed by atoms with Gasteiger partial charge in [0.05, 0.1) is 6.61 Å². The lowest BCUT2D eigenvalue weighted by atomic mass is 10.2. The molecule has 100 valence electrons. The second-order valence-corrected chi connectivity index (χ2v) is 5.30. The predicted octanol–water partition coefficient (Wildman–Crippen LogP) is 3.31. The third kappa shape index (κ3) is 5.33. The Bertz CT molecular complexity index is 399. The fraction of sp³-hybridized carbons (Fsp3) is 0.462. The largest absolute Gasteiger partial charge is 0.389 e. The van der Waals surface area contributed by atoms with Crippen LogP contribution in [0.1, 0.15) is 25.3 Å². The van der Waals surface area contributed by atoms with Crippen LogP contribution in [0.4, 0.5) is 5.69 Å². The molecule has 0 aliphatic heterocycles. The highest BCUT2D eigenvalue weighted by atomic mass is 79.9. The zero-order valence-electron chi connectivity index (χ0n) is 10.5. The number of rotatable bonds is 8. The van der Waals surface area contributed by atoms with Gasteiger partial charge >= 0.3 is 0 Å². The first kappa shape index (κ1) is 15.4. The van der Waals surface area contributed by atoms with E-state index >= 15 is 0 Å². The molecular formula is C13H19BrN2OS. The van der Waals surface area contributed by atoms with E-state index in [1.165, 1.54) is 0 Å². The van der Waals surface area contributed by atoms with E-state index < -0.39 is 0 Å². The second-order valence-electron chi connectivity index (χ2n) is 3.95. The highest BCUT2D eigenvalue weighted by Gasteiger charge is 2.05. The van der Waals surface area contributed by atoms with Crippen LogP contribution in [0.15, 0.2) is 22.7 Å². The molecular weight excluding hydrogens is 312 g/mol. The van der Waals surface area contributed by atoms with Gasteiger partial charge in [-0.15, -0.1) is 0 Å². The van der Waals surface area contributed by atoms with Crippen molar-refractivity contribution in [3.05, 3.63) is 28.2 Å². The van der Waals surface area contributed by atoms with Crippen molar-refractivity contribution in [3.8, 4) is 0 Å². The van der Waals surface area contributed by atoms with Crippen LogP contribution in [-0.2, 0) is 4.74 Å². The minimum absolute atomic E-state index is 0.394. The molecule has 0 spiro atoms. The lowest BCUT2D eigenvalue weighted by Gasteiger charge is -2.11. The van der Waals surface area contributed by atoms with Crippen LogP contribution in [0.5, 0.6) is 0 Å². The molecule has 0 saturated heterocycles. The Morgan fingerprint density at radius 3 is 2.89 bits per heavy atom. The summed E-state index contributed by atoms with van der Waals surface area (Å²) in [7, 11) is 0. The molecule has 3 N–H and O–H groups in total. The van der Waals surface area contributed by atoms with Gasteiger partial charge in [0.2, 0.25) is 0 Å². The summed E-state index contributed by atoms with van der Waals surface area (Å²) in [5, 5.41) is 3.29. The summed E-state index contributed by atoms with van der Waals surface area (Å²) in [6, 6.07) is 5.84. The van der Waals surface area contributed by atoms with Gasteiger partial charge in [0, 0.05) is 28.9 Å². The number of halogens is 1. The fourth-order valence-electron chi connectivity index (χ4n) is 1.48. The Labute approximate surface area is 122 Å². The summed E-state index contributed by atoms with van der Waals surface area (Å²) >= 11 is 8.44. The molecule has 0 bridgehead atoms. The Balaban J connectivity index is 2.44. The molecule has 0 radical (unpaired) electrons. The van der Waals surface area contributed by atoms with Crippen molar-refractivity contribution in [1.29, 1.82) is 0 Å². The Morgan fingerprint density at radius 2 is 2.22 bits per heavy atom. The smallest absolute Gasteiger partial charge is 0.106 e. The van der Waals surface area contributed by atoms with Gasteiger partial charge in [-0.2, -0.15) is 0 Å².